The third-order valence-corrected chi connectivity index (χ3v) is 1.81. The lowest BCUT2D eigenvalue weighted by Crippen LogP contribution is -2.12. The minimum atomic E-state index is -3.01. The molecular weight excluding hydrogens is 239 g/mol. The highest BCUT2D eigenvalue weighted by atomic mass is 79.9. The van der Waals surface area contributed by atoms with Gasteiger partial charge in [-0.25, -0.2) is 13.2 Å². The van der Waals surface area contributed by atoms with Gasteiger partial charge in [-0.15, -0.1) is 0 Å². The molecule has 0 aliphatic heterocycles. The van der Waals surface area contributed by atoms with E-state index >= 15 is 0 Å². The summed E-state index contributed by atoms with van der Waals surface area (Å²) in [5.41, 5.74) is -2.05. The molecule has 2 nitrogen and oxygen atoms in total. The number of nitrogens with one attached hydrogen (secondary N) is 1. The molecule has 1 rings (SSSR count). The third-order valence-electron chi connectivity index (χ3n) is 1.23. The average Bonchev–Trinajstić information content (AvgIpc) is 2.00. The van der Waals surface area contributed by atoms with Gasteiger partial charge in [0.15, 0.2) is 5.82 Å². The van der Waals surface area contributed by atoms with Gasteiger partial charge in [0.05, 0.1) is 4.47 Å². The summed E-state index contributed by atoms with van der Waals surface area (Å²) in [5.74, 6) is -1.45. The molecule has 0 aliphatic rings. The SMILES string of the molecule is O=c1c(Br)c[nH]c(C(F)F)c1F. The highest BCUT2D eigenvalue weighted by Gasteiger charge is 2.17. The van der Waals surface area contributed by atoms with Gasteiger partial charge < -0.3 is 4.98 Å². The number of rotatable bonds is 1. The van der Waals surface area contributed by atoms with Crippen molar-refractivity contribution in [2.45, 2.75) is 6.43 Å². The van der Waals surface area contributed by atoms with Crippen LogP contribution in [0.25, 0.3) is 0 Å². The second-order valence-electron chi connectivity index (χ2n) is 1.99. The molecule has 1 aromatic heterocycles. The maximum absolute atomic E-state index is 12.7. The number of aromatic amines is 1. The molecule has 0 atom stereocenters. The number of hydrogen-bond donors (Lipinski definition) is 1. The zero-order valence-corrected chi connectivity index (χ0v) is 7.16. The Morgan fingerprint density at radius 3 is 2.58 bits per heavy atom. The van der Waals surface area contributed by atoms with Crippen LogP contribution in [0.1, 0.15) is 12.1 Å². The van der Waals surface area contributed by atoms with Crippen LogP contribution in [0.15, 0.2) is 15.5 Å². The number of halogens is 4. The predicted molar refractivity (Wildman–Crippen MR) is 39.7 cm³/mol. The van der Waals surface area contributed by atoms with Crippen LogP contribution >= 0.6 is 15.9 Å². The second kappa shape index (κ2) is 3.30. The molecule has 6 heteroatoms. The summed E-state index contributed by atoms with van der Waals surface area (Å²) in [6.45, 7) is 0. The third kappa shape index (κ3) is 1.52. The highest BCUT2D eigenvalue weighted by molar-refractivity contribution is 9.10. The fourth-order valence-electron chi connectivity index (χ4n) is 0.656. The molecule has 1 aromatic rings. The van der Waals surface area contributed by atoms with Gasteiger partial charge in [-0.05, 0) is 15.9 Å². The molecule has 1 N–H and O–H groups in total. The Morgan fingerprint density at radius 1 is 1.50 bits per heavy atom. The maximum Gasteiger partial charge on any atom is 0.281 e. The fourth-order valence-corrected chi connectivity index (χ4v) is 0.944. The van der Waals surface area contributed by atoms with Crippen LogP contribution in [0.3, 0.4) is 0 Å². The summed E-state index contributed by atoms with van der Waals surface area (Å²) in [7, 11) is 0. The molecule has 0 aliphatic carbocycles. The van der Waals surface area contributed by atoms with Crippen LogP contribution in [0.5, 0.6) is 0 Å². The Morgan fingerprint density at radius 2 is 2.08 bits per heavy atom. The summed E-state index contributed by atoms with van der Waals surface area (Å²) < 4.78 is 36.4. The van der Waals surface area contributed by atoms with Crippen molar-refractivity contribution in [1.29, 1.82) is 0 Å². The first-order valence-corrected chi connectivity index (χ1v) is 3.68. The number of H-pyrrole nitrogens is 1. The quantitative estimate of drug-likeness (QED) is 0.804. The summed E-state index contributed by atoms with van der Waals surface area (Å²) in [4.78, 5) is 12.7. The molecule has 0 bridgehead atoms. The van der Waals surface area contributed by atoms with Gasteiger partial charge in [0, 0.05) is 6.20 Å². The second-order valence-corrected chi connectivity index (χ2v) is 2.85. The average molecular weight is 242 g/mol. The Labute approximate surface area is 73.5 Å². The Kier molecular flexibility index (Phi) is 2.56. The van der Waals surface area contributed by atoms with Crippen LogP contribution in [0.2, 0.25) is 0 Å². The molecule has 1 heterocycles. The van der Waals surface area contributed by atoms with E-state index < -0.39 is 23.4 Å². The molecule has 0 fully saturated rings. The molecule has 0 unspecified atom stereocenters. The van der Waals surface area contributed by atoms with E-state index in [2.05, 4.69) is 15.9 Å². The minimum Gasteiger partial charge on any atom is -0.357 e. The monoisotopic (exact) mass is 241 g/mol. The van der Waals surface area contributed by atoms with Crippen molar-refractivity contribution in [1.82, 2.24) is 4.98 Å². The van der Waals surface area contributed by atoms with Crippen molar-refractivity contribution in [2.75, 3.05) is 0 Å². The Balaban J connectivity index is 3.37. The van der Waals surface area contributed by atoms with Crippen molar-refractivity contribution in [2.24, 2.45) is 0 Å². The summed E-state index contributed by atoms with van der Waals surface area (Å²) in [6, 6.07) is 0. The number of pyridine rings is 1. The van der Waals surface area contributed by atoms with Crippen LogP contribution in [-0.4, -0.2) is 4.98 Å². The van der Waals surface area contributed by atoms with Gasteiger partial charge in [-0.1, -0.05) is 0 Å². The lowest BCUT2D eigenvalue weighted by Gasteiger charge is -2.00. The number of alkyl halides is 2. The smallest absolute Gasteiger partial charge is 0.281 e. The molecule has 0 aromatic carbocycles. The van der Waals surface area contributed by atoms with E-state index in [4.69, 9.17) is 0 Å². The van der Waals surface area contributed by atoms with Crippen LogP contribution in [0, 0.1) is 5.82 Å². The van der Waals surface area contributed by atoms with Crippen LogP contribution in [0.4, 0.5) is 13.2 Å². The molecule has 66 valence electrons. The predicted octanol–water partition coefficient (Wildman–Crippen LogP) is 2.21. The van der Waals surface area contributed by atoms with Crippen molar-refractivity contribution in [3.05, 3.63) is 32.4 Å². The molecule has 0 amide bonds. The summed E-state index contributed by atoms with van der Waals surface area (Å²) in [6.07, 6.45) is -2.03. The lowest BCUT2D eigenvalue weighted by atomic mass is 10.3. The van der Waals surface area contributed by atoms with Gasteiger partial charge in [-0.2, -0.15) is 0 Å². The zero-order chi connectivity index (χ0) is 9.30. The normalized spacial score (nSPS) is 10.8. The van der Waals surface area contributed by atoms with Crippen molar-refractivity contribution in [3.63, 3.8) is 0 Å². The van der Waals surface area contributed by atoms with E-state index in [9.17, 15) is 18.0 Å². The van der Waals surface area contributed by atoms with Crippen LogP contribution in [-0.2, 0) is 0 Å². The molecule has 0 saturated heterocycles. The van der Waals surface area contributed by atoms with E-state index in [0.717, 1.165) is 6.20 Å². The maximum atomic E-state index is 12.7. The van der Waals surface area contributed by atoms with Gasteiger partial charge in [0.25, 0.3) is 6.43 Å². The number of aromatic nitrogens is 1. The van der Waals surface area contributed by atoms with E-state index in [-0.39, 0.29) is 4.47 Å². The van der Waals surface area contributed by atoms with Crippen molar-refractivity contribution >= 4 is 15.9 Å². The lowest BCUT2D eigenvalue weighted by molar-refractivity contribution is 0.140. The van der Waals surface area contributed by atoms with Gasteiger partial charge >= 0.3 is 0 Å². The fraction of sp³-hybridized carbons (Fsp3) is 0.167. The van der Waals surface area contributed by atoms with E-state index in [1.807, 2.05) is 4.98 Å². The van der Waals surface area contributed by atoms with Gasteiger partial charge in [0.2, 0.25) is 5.43 Å². The van der Waals surface area contributed by atoms with Crippen molar-refractivity contribution in [3.8, 4) is 0 Å². The van der Waals surface area contributed by atoms with E-state index in [0.29, 0.717) is 0 Å². The number of hydrogen-bond acceptors (Lipinski definition) is 1. The summed E-state index contributed by atoms with van der Waals surface area (Å²) >= 11 is 2.70. The first-order valence-electron chi connectivity index (χ1n) is 2.88. The first-order chi connectivity index (χ1) is 5.54. The first kappa shape index (κ1) is 9.31. The van der Waals surface area contributed by atoms with Crippen LogP contribution < -0.4 is 5.43 Å². The zero-order valence-electron chi connectivity index (χ0n) is 5.57. The molecular formula is C6H3BrF3NO. The summed E-state index contributed by atoms with van der Waals surface area (Å²) in [5, 5.41) is 0. The molecule has 0 radical (unpaired) electrons. The van der Waals surface area contributed by atoms with Crippen molar-refractivity contribution < 1.29 is 13.2 Å². The highest BCUT2D eigenvalue weighted by Crippen LogP contribution is 2.18. The van der Waals surface area contributed by atoms with E-state index in [1.54, 1.807) is 0 Å². The molecule has 0 saturated carbocycles. The van der Waals surface area contributed by atoms with E-state index in [1.165, 1.54) is 0 Å². The van der Waals surface area contributed by atoms with Gasteiger partial charge in [0.1, 0.15) is 5.69 Å². The largest absolute Gasteiger partial charge is 0.357 e. The topological polar surface area (TPSA) is 32.9 Å². The molecule has 0 spiro atoms. The Bertz CT molecular complexity index is 349. The molecule has 12 heavy (non-hydrogen) atoms. The standard InChI is InChI=1S/C6H3BrF3NO/c7-2-1-11-4(6(9)10)3(8)5(2)12/h1,6H,(H,11,12). The Hall–Kier alpha value is -0.780. The minimum absolute atomic E-state index is 0.107. The van der Waals surface area contributed by atoms with Gasteiger partial charge in [-0.3, -0.25) is 4.79 Å².